The molecule has 0 fully saturated rings. The lowest BCUT2D eigenvalue weighted by atomic mass is 9.99. The van der Waals surface area contributed by atoms with Crippen LogP contribution in [0, 0.1) is 0 Å². The molecule has 4 rings (SSSR count). The van der Waals surface area contributed by atoms with Gasteiger partial charge in [0.2, 0.25) is 5.91 Å². The molecule has 2 aromatic carbocycles. The topological polar surface area (TPSA) is 88.2 Å². The fourth-order valence-corrected chi connectivity index (χ4v) is 3.52. The summed E-state index contributed by atoms with van der Waals surface area (Å²) in [6.07, 6.45) is 1.35. The van der Waals surface area contributed by atoms with E-state index < -0.39 is 0 Å². The van der Waals surface area contributed by atoms with Gasteiger partial charge in [-0.25, -0.2) is 0 Å². The van der Waals surface area contributed by atoms with E-state index in [0.29, 0.717) is 30.2 Å². The van der Waals surface area contributed by atoms with E-state index in [-0.39, 0.29) is 30.0 Å². The Labute approximate surface area is 168 Å². The lowest BCUT2D eigenvalue weighted by Gasteiger charge is -2.28. The van der Waals surface area contributed by atoms with Crippen LogP contribution in [0.15, 0.2) is 53.3 Å². The largest absolute Gasteiger partial charge is 0.497 e. The second kappa shape index (κ2) is 8.26. The van der Waals surface area contributed by atoms with Gasteiger partial charge in [0, 0.05) is 31.5 Å². The molecule has 29 heavy (non-hydrogen) atoms. The predicted molar refractivity (Wildman–Crippen MR) is 109 cm³/mol. The van der Waals surface area contributed by atoms with Gasteiger partial charge in [0.05, 0.1) is 7.11 Å². The van der Waals surface area contributed by atoms with Gasteiger partial charge in [0.1, 0.15) is 11.4 Å². The van der Waals surface area contributed by atoms with Crippen molar-refractivity contribution in [3.63, 3.8) is 0 Å². The normalized spacial score (nSPS) is 13.1. The Morgan fingerprint density at radius 2 is 1.97 bits per heavy atom. The maximum Gasteiger partial charge on any atom is 0.273 e. The summed E-state index contributed by atoms with van der Waals surface area (Å²) < 4.78 is 5.19. The number of benzene rings is 2. The van der Waals surface area contributed by atoms with E-state index in [1.807, 2.05) is 35.2 Å². The Kier molecular flexibility index (Phi) is 5.37. The molecule has 1 aliphatic rings. The van der Waals surface area contributed by atoms with Gasteiger partial charge in [0.25, 0.3) is 5.56 Å². The molecule has 148 valence electrons. The van der Waals surface area contributed by atoms with Crippen LogP contribution in [0.3, 0.4) is 0 Å². The van der Waals surface area contributed by atoms with Gasteiger partial charge in [-0.05, 0) is 29.7 Å². The molecule has 1 N–H and O–H groups in total. The minimum Gasteiger partial charge on any atom is -0.497 e. The van der Waals surface area contributed by atoms with E-state index in [1.54, 1.807) is 13.2 Å². The number of rotatable bonds is 5. The molecule has 2 heterocycles. The van der Waals surface area contributed by atoms with Crippen LogP contribution < -0.4 is 10.3 Å². The highest BCUT2D eigenvalue weighted by Gasteiger charge is 2.20. The van der Waals surface area contributed by atoms with Crippen LogP contribution in [-0.4, -0.2) is 39.6 Å². The molecule has 0 aliphatic carbocycles. The number of H-pyrrole nitrogens is 1. The zero-order valence-corrected chi connectivity index (χ0v) is 16.2. The summed E-state index contributed by atoms with van der Waals surface area (Å²) in [6.45, 7) is 1.32. The Morgan fingerprint density at radius 1 is 1.14 bits per heavy atom. The Hall–Kier alpha value is -3.48. The smallest absolute Gasteiger partial charge is 0.273 e. The molecule has 0 unspecified atom stereocenters. The third kappa shape index (κ3) is 4.18. The van der Waals surface area contributed by atoms with E-state index in [2.05, 4.69) is 27.3 Å². The first-order chi connectivity index (χ1) is 14.1. The van der Waals surface area contributed by atoms with Crippen molar-refractivity contribution >= 4 is 5.91 Å². The zero-order chi connectivity index (χ0) is 20.2. The molecule has 0 radical (unpaired) electrons. The van der Waals surface area contributed by atoms with Crippen molar-refractivity contribution in [1.82, 2.24) is 20.1 Å². The van der Waals surface area contributed by atoms with Crippen LogP contribution in [0.1, 0.15) is 23.2 Å². The average Bonchev–Trinajstić information content (AvgIpc) is 2.77. The predicted octanol–water partition coefficient (Wildman–Crippen LogP) is 2.36. The number of nitrogens with zero attached hydrogens (tertiary/aromatic N) is 3. The molecule has 0 atom stereocenters. The van der Waals surface area contributed by atoms with Gasteiger partial charge in [-0.1, -0.05) is 36.4 Å². The summed E-state index contributed by atoms with van der Waals surface area (Å²) in [5, 5.41) is 8.18. The highest BCUT2D eigenvalue weighted by Crippen LogP contribution is 2.20. The summed E-state index contributed by atoms with van der Waals surface area (Å²) in [7, 11) is 1.58. The molecule has 0 spiro atoms. The monoisotopic (exact) mass is 390 g/mol. The maximum atomic E-state index is 12.6. The molecule has 0 saturated heterocycles. The first-order valence-electron chi connectivity index (χ1n) is 9.59. The SMILES string of the molecule is COc1cccc(-c2nnc(CCC(=O)N3CCc4ccccc4C3)c(=O)[nH]2)c1. The van der Waals surface area contributed by atoms with Crippen molar-refractivity contribution in [3.8, 4) is 17.1 Å². The number of nitrogens with one attached hydrogen (secondary N) is 1. The first kappa shape index (κ1) is 18.9. The number of aryl methyl sites for hydroxylation is 1. The van der Waals surface area contributed by atoms with E-state index in [1.165, 1.54) is 11.1 Å². The van der Waals surface area contributed by atoms with Crippen LogP contribution in [0.5, 0.6) is 5.75 Å². The van der Waals surface area contributed by atoms with Gasteiger partial charge in [-0.2, -0.15) is 0 Å². The summed E-state index contributed by atoms with van der Waals surface area (Å²) in [5.41, 5.74) is 3.14. The van der Waals surface area contributed by atoms with Crippen molar-refractivity contribution in [3.05, 3.63) is 75.7 Å². The lowest BCUT2D eigenvalue weighted by molar-refractivity contribution is -0.132. The third-order valence-electron chi connectivity index (χ3n) is 5.17. The van der Waals surface area contributed by atoms with Crippen molar-refractivity contribution in [2.75, 3.05) is 13.7 Å². The van der Waals surface area contributed by atoms with Gasteiger partial charge < -0.3 is 14.6 Å². The average molecular weight is 390 g/mol. The molecule has 0 bridgehead atoms. The van der Waals surface area contributed by atoms with Crippen LogP contribution in [-0.2, 0) is 24.2 Å². The number of aromatic nitrogens is 3. The summed E-state index contributed by atoms with van der Waals surface area (Å²) in [4.78, 5) is 29.6. The van der Waals surface area contributed by atoms with Gasteiger partial charge in [-0.15, -0.1) is 10.2 Å². The first-order valence-corrected chi connectivity index (χ1v) is 9.59. The minimum absolute atomic E-state index is 0.0255. The Morgan fingerprint density at radius 3 is 2.76 bits per heavy atom. The Balaban J connectivity index is 1.41. The quantitative estimate of drug-likeness (QED) is 0.723. The number of methoxy groups -OCH3 is 1. The molecule has 0 saturated carbocycles. The van der Waals surface area contributed by atoms with Crippen LogP contribution in [0.25, 0.3) is 11.4 Å². The van der Waals surface area contributed by atoms with E-state index in [4.69, 9.17) is 4.74 Å². The number of fused-ring (bicyclic) bond motifs is 1. The number of hydrogen-bond acceptors (Lipinski definition) is 5. The standard InChI is InChI=1S/C22H22N4O3/c1-29-18-8-4-7-16(13-18)21-23-22(28)19(24-25-21)9-10-20(27)26-12-11-15-5-2-3-6-17(15)14-26/h2-8,13H,9-12,14H2,1H3,(H,23,25,28). The number of carbonyl (C=O) groups is 1. The highest BCUT2D eigenvalue weighted by atomic mass is 16.5. The zero-order valence-electron chi connectivity index (χ0n) is 16.2. The second-order valence-corrected chi connectivity index (χ2v) is 7.02. The van der Waals surface area contributed by atoms with Gasteiger partial charge >= 0.3 is 0 Å². The van der Waals surface area contributed by atoms with Gasteiger partial charge in [-0.3, -0.25) is 9.59 Å². The number of hydrogen-bond donors (Lipinski definition) is 1. The molecule has 7 nitrogen and oxygen atoms in total. The second-order valence-electron chi connectivity index (χ2n) is 7.02. The van der Waals surface area contributed by atoms with Crippen LogP contribution in [0.2, 0.25) is 0 Å². The van der Waals surface area contributed by atoms with Crippen LogP contribution in [0.4, 0.5) is 0 Å². The fraction of sp³-hybridized carbons (Fsp3) is 0.273. The summed E-state index contributed by atoms with van der Waals surface area (Å²) in [6, 6.07) is 15.4. The van der Waals surface area contributed by atoms with Crippen molar-refractivity contribution in [2.45, 2.75) is 25.8 Å². The molecule has 1 amide bonds. The highest BCUT2D eigenvalue weighted by molar-refractivity contribution is 5.76. The molecule has 7 heteroatoms. The fourth-order valence-electron chi connectivity index (χ4n) is 3.52. The molecule has 1 aliphatic heterocycles. The summed E-state index contributed by atoms with van der Waals surface area (Å²) in [5.74, 6) is 1.07. The van der Waals surface area contributed by atoms with Crippen LogP contribution >= 0.6 is 0 Å². The lowest BCUT2D eigenvalue weighted by Crippen LogP contribution is -2.36. The van der Waals surface area contributed by atoms with E-state index >= 15 is 0 Å². The molecular formula is C22H22N4O3. The van der Waals surface area contributed by atoms with E-state index in [9.17, 15) is 9.59 Å². The maximum absolute atomic E-state index is 12.6. The third-order valence-corrected chi connectivity index (χ3v) is 5.17. The molecule has 1 aromatic heterocycles. The summed E-state index contributed by atoms with van der Waals surface area (Å²) >= 11 is 0. The molecule has 3 aromatic rings. The minimum atomic E-state index is -0.324. The van der Waals surface area contributed by atoms with Crippen molar-refractivity contribution in [1.29, 1.82) is 0 Å². The number of ether oxygens (including phenoxy) is 1. The molecular weight excluding hydrogens is 368 g/mol. The number of aromatic amines is 1. The van der Waals surface area contributed by atoms with Crippen molar-refractivity contribution < 1.29 is 9.53 Å². The number of amides is 1. The van der Waals surface area contributed by atoms with Crippen molar-refractivity contribution in [2.24, 2.45) is 0 Å². The Bertz CT molecular complexity index is 1090. The number of carbonyl (C=O) groups excluding carboxylic acids is 1. The van der Waals surface area contributed by atoms with E-state index in [0.717, 1.165) is 6.42 Å². The van der Waals surface area contributed by atoms with Gasteiger partial charge in [0.15, 0.2) is 5.82 Å².